The number of benzene rings is 6. The molecule has 25 heavy (non-hydrogen) atoms. The van der Waals surface area contributed by atoms with Crippen LogP contribution in [0.25, 0.3) is 53.9 Å². The molecule has 0 atom stereocenters. The molecule has 0 saturated carbocycles. The molecule has 0 bridgehead atoms. The fourth-order valence-electron chi connectivity index (χ4n) is 4.46. The third-order valence-corrected chi connectivity index (χ3v) is 5.43. The highest BCUT2D eigenvalue weighted by Crippen LogP contribution is 2.46. The number of nitro benzene ring substituents is 1. The molecule has 0 radical (unpaired) electrons. The number of hydrogen-bond acceptors (Lipinski definition) is 2. The van der Waals surface area contributed by atoms with Crippen LogP contribution in [-0.4, -0.2) is 4.92 Å². The molecular weight excluding hydrogens is 310 g/mol. The molecular formula is C22H11NO2. The van der Waals surface area contributed by atoms with Crippen LogP contribution >= 0.6 is 0 Å². The van der Waals surface area contributed by atoms with Crippen molar-refractivity contribution in [1.29, 1.82) is 0 Å². The predicted molar refractivity (Wildman–Crippen MR) is 103 cm³/mol. The summed E-state index contributed by atoms with van der Waals surface area (Å²) in [6.45, 7) is 0. The SMILES string of the molecule is O=[N+]([O-])c1cc2cccc3c4cccc5ccc6ccc1c(c23)c6c54. The smallest absolute Gasteiger partial charge is 0.258 e. The molecule has 0 amide bonds. The Balaban J connectivity index is 2.14. The summed E-state index contributed by atoms with van der Waals surface area (Å²) in [4.78, 5) is 11.4. The Morgan fingerprint density at radius 3 is 1.92 bits per heavy atom. The van der Waals surface area contributed by atoms with Gasteiger partial charge in [-0.25, -0.2) is 0 Å². The van der Waals surface area contributed by atoms with E-state index in [2.05, 4.69) is 36.4 Å². The molecule has 0 saturated heterocycles. The van der Waals surface area contributed by atoms with Crippen LogP contribution in [0, 0.1) is 10.1 Å². The van der Waals surface area contributed by atoms with Gasteiger partial charge in [0.05, 0.1) is 10.3 Å². The Bertz CT molecular complexity index is 1470. The molecule has 0 N–H and O–H groups in total. The van der Waals surface area contributed by atoms with Crippen LogP contribution in [0.4, 0.5) is 5.69 Å². The average molecular weight is 321 g/mol. The maximum atomic E-state index is 11.7. The van der Waals surface area contributed by atoms with Gasteiger partial charge in [0.2, 0.25) is 0 Å². The topological polar surface area (TPSA) is 43.1 Å². The van der Waals surface area contributed by atoms with Gasteiger partial charge in [-0.1, -0.05) is 54.6 Å². The van der Waals surface area contributed by atoms with Crippen LogP contribution in [0.3, 0.4) is 0 Å². The molecule has 0 aliphatic carbocycles. The average Bonchev–Trinajstić information content (AvgIpc) is 2.65. The first kappa shape index (κ1) is 12.9. The predicted octanol–water partition coefficient (Wildman–Crippen LogP) is 6.24. The van der Waals surface area contributed by atoms with Gasteiger partial charge in [-0.15, -0.1) is 0 Å². The van der Waals surface area contributed by atoms with E-state index >= 15 is 0 Å². The molecule has 0 aliphatic rings. The molecule has 0 aromatic heterocycles. The zero-order valence-electron chi connectivity index (χ0n) is 13.1. The monoisotopic (exact) mass is 321 g/mol. The molecule has 6 aromatic carbocycles. The number of hydrogen-bond donors (Lipinski definition) is 0. The zero-order valence-corrected chi connectivity index (χ0v) is 13.1. The van der Waals surface area contributed by atoms with E-state index in [1.54, 1.807) is 6.07 Å². The van der Waals surface area contributed by atoms with Crippen LogP contribution in [0.15, 0.2) is 66.7 Å². The molecule has 3 heteroatoms. The molecule has 6 rings (SSSR count). The fourth-order valence-corrected chi connectivity index (χ4v) is 4.46. The Hall–Kier alpha value is -3.46. The van der Waals surface area contributed by atoms with Crippen molar-refractivity contribution in [2.24, 2.45) is 0 Å². The number of nitro groups is 1. The number of rotatable bonds is 1. The molecule has 116 valence electrons. The van der Waals surface area contributed by atoms with Gasteiger partial charge in [0.15, 0.2) is 0 Å². The largest absolute Gasteiger partial charge is 0.277 e. The third-order valence-electron chi connectivity index (χ3n) is 5.43. The second-order valence-electron chi connectivity index (χ2n) is 6.61. The summed E-state index contributed by atoms with van der Waals surface area (Å²) < 4.78 is 0. The first-order chi connectivity index (χ1) is 12.2. The highest BCUT2D eigenvalue weighted by Gasteiger charge is 2.22. The minimum atomic E-state index is -0.270. The van der Waals surface area contributed by atoms with Crippen LogP contribution in [0.2, 0.25) is 0 Å². The summed E-state index contributed by atoms with van der Waals surface area (Å²) in [6, 6.07) is 22.3. The molecule has 6 aromatic rings. The second-order valence-corrected chi connectivity index (χ2v) is 6.61. The Morgan fingerprint density at radius 2 is 1.20 bits per heavy atom. The Kier molecular flexibility index (Phi) is 2.13. The molecule has 0 aliphatic heterocycles. The third kappa shape index (κ3) is 1.42. The van der Waals surface area contributed by atoms with Gasteiger partial charge < -0.3 is 0 Å². The lowest BCUT2D eigenvalue weighted by atomic mass is 9.85. The molecule has 0 heterocycles. The lowest BCUT2D eigenvalue weighted by Gasteiger charge is -2.17. The summed E-state index contributed by atoms with van der Waals surface area (Å²) in [6.07, 6.45) is 0. The van der Waals surface area contributed by atoms with E-state index in [0.29, 0.717) is 0 Å². The van der Waals surface area contributed by atoms with Gasteiger partial charge >= 0.3 is 0 Å². The van der Waals surface area contributed by atoms with Gasteiger partial charge in [-0.3, -0.25) is 10.1 Å². The van der Waals surface area contributed by atoms with Crippen molar-refractivity contribution in [2.45, 2.75) is 0 Å². The van der Waals surface area contributed by atoms with Crippen LogP contribution in [0.1, 0.15) is 0 Å². The molecule has 0 fully saturated rings. The minimum Gasteiger partial charge on any atom is -0.258 e. The van der Waals surface area contributed by atoms with E-state index < -0.39 is 0 Å². The van der Waals surface area contributed by atoms with E-state index in [4.69, 9.17) is 0 Å². The first-order valence-corrected chi connectivity index (χ1v) is 8.23. The summed E-state index contributed by atoms with van der Waals surface area (Å²) >= 11 is 0. The van der Waals surface area contributed by atoms with Crippen LogP contribution in [-0.2, 0) is 0 Å². The first-order valence-electron chi connectivity index (χ1n) is 8.23. The summed E-state index contributed by atoms with van der Waals surface area (Å²) in [5, 5.41) is 22.5. The van der Waals surface area contributed by atoms with E-state index in [0.717, 1.165) is 37.7 Å². The highest BCUT2D eigenvalue weighted by atomic mass is 16.6. The Labute approximate surface area is 141 Å². The van der Waals surface area contributed by atoms with Crippen molar-refractivity contribution in [3.63, 3.8) is 0 Å². The summed E-state index contributed by atoms with van der Waals surface area (Å²) in [5.74, 6) is 0. The van der Waals surface area contributed by atoms with E-state index in [-0.39, 0.29) is 10.6 Å². The zero-order chi connectivity index (χ0) is 16.7. The number of non-ortho nitro benzene ring substituents is 1. The van der Waals surface area contributed by atoms with Crippen molar-refractivity contribution in [1.82, 2.24) is 0 Å². The van der Waals surface area contributed by atoms with Crippen molar-refractivity contribution in [2.75, 3.05) is 0 Å². The van der Waals surface area contributed by atoms with Crippen molar-refractivity contribution in [3.8, 4) is 0 Å². The van der Waals surface area contributed by atoms with Gasteiger partial charge in [-0.05, 0) is 49.2 Å². The maximum Gasteiger partial charge on any atom is 0.277 e. The van der Waals surface area contributed by atoms with E-state index in [9.17, 15) is 10.1 Å². The van der Waals surface area contributed by atoms with Crippen molar-refractivity contribution < 1.29 is 4.92 Å². The van der Waals surface area contributed by atoms with Gasteiger partial charge in [0.1, 0.15) is 0 Å². The standard InChI is InChI=1S/C22H11NO2/c24-23(25)18-11-14-4-2-6-16-15-5-1-3-12-7-8-13-9-10-17(18)22(20(14)16)21(13)19(12)15/h1-11H. The second kappa shape index (κ2) is 4.14. The number of nitrogens with zero attached hydrogens (tertiary/aromatic N) is 1. The van der Waals surface area contributed by atoms with Crippen LogP contribution < -0.4 is 0 Å². The minimum absolute atomic E-state index is 0.179. The highest BCUT2D eigenvalue weighted by molar-refractivity contribution is 6.40. The van der Waals surface area contributed by atoms with E-state index in [1.165, 1.54) is 16.2 Å². The lowest BCUT2D eigenvalue weighted by molar-refractivity contribution is -0.382. The Morgan fingerprint density at radius 1 is 0.600 bits per heavy atom. The van der Waals surface area contributed by atoms with Gasteiger partial charge in [0.25, 0.3) is 5.69 Å². The van der Waals surface area contributed by atoms with E-state index in [1.807, 2.05) is 24.3 Å². The maximum absolute atomic E-state index is 11.7. The lowest BCUT2D eigenvalue weighted by Crippen LogP contribution is -1.94. The quantitative estimate of drug-likeness (QED) is 0.156. The van der Waals surface area contributed by atoms with Crippen molar-refractivity contribution in [3.05, 3.63) is 76.8 Å². The summed E-state index contributed by atoms with van der Waals surface area (Å²) in [7, 11) is 0. The van der Waals surface area contributed by atoms with Gasteiger partial charge in [0, 0.05) is 11.5 Å². The van der Waals surface area contributed by atoms with Gasteiger partial charge in [-0.2, -0.15) is 0 Å². The normalized spacial score (nSPS) is 12.3. The van der Waals surface area contributed by atoms with Crippen molar-refractivity contribution >= 4 is 59.5 Å². The summed E-state index contributed by atoms with van der Waals surface area (Å²) in [5.41, 5.74) is 0.179. The molecule has 0 spiro atoms. The molecule has 3 nitrogen and oxygen atoms in total. The van der Waals surface area contributed by atoms with Crippen LogP contribution in [0.5, 0.6) is 0 Å². The number of fused-ring (bicyclic) bond motifs is 1. The fraction of sp³-hybridized carbons (Fsp3) is 0. The molecule has 0 unspecified atom stereocenters.